The van der Waals surface area contributed by atoms with Crippen molar-refractivity contribution in [2.24, 2.45) is 0 Å². The zero-order chi connectivity index (χ0) is 10.5. The Bertz CT molecular complexity index is 414. The molecule has 3 nitrogen and oxygen atoms in total. The Morgan fingerprint density at radius 2 is 2.20 bits per heavy atom. The van der Waals surface area contributed by atoms with Crippen molar-refractivity contribution in [2.45, 2.75) is 6.54 Å². The van der Waals surface area contributed by atoms with E-state index in [4.69, 9.17) is 4.74 Å². The number of imidazole rings is 1. The van der Waals surface area contributed by atoms with Gasteiger partial charge in [-0.15, -0.1) is 0 Å². The number of rotatable bonds is 4. The van der Waals surface area contributed by atoms with Gasteiger partial charge in [0.15, 0.2) is 0 Å². The second kappa shape index (κ2) is 5.16. The van der Waals surface area contributed by atoms with Crippen LogP contribution >= 0.6 is 22.6 Å². The van der Waals surface area contributed by atoms with Crippen LogP contribution in [0.15, 0.2) is 43.0 Å². The first kappa shape index (κ1) is 10.5. The van der Waals surface area contributed by atoms with E-state index in [1.807, 2.05) is 35.0 Å². The maximum atomic E-state index is 5.65. The Labute approximate surface area is 102 Å². The number of hydrogen-bond acceptors (Lipinski definition) is 2. The van der Waals surface area contributed by atoms with Crippen LogP contribution in [-0.2, 0) is 6.54 Å². The highest BCUT2D eigenvalue weighted by atomic mass is 127. The second-order valence-electron chi connectivity index (χ2n) is 3.08. The summed E-state index contributed by atoms with van der Waals surface area (Å²) in [6.07, 6.45) is 5.49. The van der Waals surface area contributed by atoms with Crippen molar-refractivity contribution >= 4 is 22.6 Å². The van der Waals surface area contributed by atoms with Gasteiger partial charge in [0.1, 0.15) is 12.4 Å². The number of benzene rings is 1. The van der Waals surface area contributed by atoms with Gasteiger partial charge in [-0.1, -0.05) is 12.1 Å². The summed E-state index contributed by atoms with van der Waals surface area (Å²) in [6, 6.07) is 8.00. The van der Waals surface area contributed by atoms with E-state index in [9.17, 15) is 0 Å². The highest BCUT2D eigenvalue weighted by Gasteiger charge is 1.98. The van der Waals surface area contributed by atoms with E-state index in [0.29, 0.717) is 6.61 Å². The Morgan fingerprint density at radius 3 is 2.93 bits per heavy atom. The molecule has 0 saturated heterocycles. The van der Waals surface area contributed by atoms with Crippen LogP contribution in [0.5, 0.6) is 5.75 Å². The van der Waals surface area contributed by atoms with Gasteiger partial charge in [0.2, 0.25) is 0 Å². The molecule has 2 rings (SSSR count). The van der Waals surface area contributed by atoms with Gasteiger partial charge in [0.25, 0.3) is 0 Å². The van der Waals surface area contributed by atoms with Crippen LogP contribution in [-0.4, -0.2) is 16.2 Å². The molecule has 0 atom stereocenters. The average molecular weight is 314 g/mol. The molecule has 0 fully saturated rings. The predicted molar refractivity (Wildman–Crippen MR) is 66.9 cm³/mol. The van der Waals surface area contributed by atoms with E-state index >= 15 is 0 Å². The van der Waals surface area contributed by atoms with Crippen LogP contribution in [0, 0.1) is 3.57 Å². The van der Waals surface area contributed by atoms with Crippen molar-refractivity contribution in [3.8, 4) is 5.75 Å². The molecule has 1 aromatic carbocycles. The van der Waals surface area contributed by atoms with E-state index in [2.05, 4.69) is 27.6 Å². The van der Waals surface area contributed by atoms with Crippen molar-refractivity contribution in [3.05, 3.63) is 46.6 Å². The molecule has 15 heavy (non-hydrogen) atoms. The molecule has 0 saturated carbocycles. The monoisotopic (exact) mass is 314 g/mol. The van der Waals surface area contributed by atoms with Gasteiger partial charge < -0.3 is 9.30 Å². The molecular weight excluding hydrogens is 303 g/mol. The fraction of sp³-hybridized carbons (Fsp3) is 0.182. The van der Waals surface area contributed by atoms with Gasteiger partial charge in [-0.05, 0) is 34.7 Å². The fourth-order valence-corrected chi connectivity index (χ4v) is 1.78. The maximum Gasteiger partial charge on any atom is 0.132 e. The summed E-state index contributed by atoms with van der Waals surface area (Å²) in [5, 5.41) is 0. The lowest BCUT2D eigenvalue weighted by molar-refractivity contribution is 0.296. The van der Waals surface area contributed by atoms with Crippen LogP contribution in [0.2, 0.25) is 0 Å². The van der Waals surface area contributed by atoms with Crippen LogP contribution in [0.3, 0.4) is 0 Å². The molecule has 0 unspecified atom stereocenters. The number of para-hydroxylation sites is 1. The molecular formula is C11H11IN2O. The SMILES string of the molecule is Ic1ccccc1OCCn1ccnc1. The number of nitrogens with zero attached hydrogens (tertiary/aromatic N) is 2. The minimum Gasteiger partial charge on any atom is -0.491 e. The zero-order valence-electron chi connectivity index (χ0n) is 8.14. The summed E-state index contributed by atoms with van der Waals surface area (Å²) >= 11 is 2.27. The molecule has 0 radical (unpaired) electrons. The Hall–Kier alpha value is -1.04. The second-order valence-corrected chi connectivity index (χ2v) is 4.24. The molecule has 0 aliphatic carbocycles. The Kier molecular flexibility index (Phi) is 3.60. The molecule has 2 aromatic rings. The molecule has 78 valence electrons. The van der Waals surface area contributed by atoms with E-state index in [1.165, 1.54) is 0 Å². The van der Waals surface area contributed by atoms with Gasteiger partial charge in [-0.3, -0.25) is 0 Å². The molecule has 0 amide bonds. The van der Waals surface area contributed by atoms with Gasteiger partial charge >= 0.3 is 0 Å². The van der Waals surface area contributed by atoms with Gasteiger partial charge in [0, 0.05) is 12.4 Å². The van der Waals surface area contributed by atoms with Crippen LogP contribution in [0.4, 0.5) is 0 Å². The van der Waals surface area contributed by atoms with Gasteiger partial charge in [-0.25, -0.2) is 4.98 Å². The standard InChI is InChI=1S/C11H11IN2O/c12-10-3-1-2-4-11(10)15-8-7-14-6-5-13-9-14/h1-6,9H,7-8H2. The molecule has 1 heterocycles. The molecule has 0 bridgehead atoms. The van der Waals surface area contributed by atoms with E-state index in [-0.39, 0.29) is 0 Å². The molecule has 0 spiro atoms. The molecule has 0 aliphatic rings. The summed E-state index contributed by atoms with van der Waals surface area (Å²) in [4.78, 5) is 3.97. The zero-order valence-corrected chi connectivity index (χ0v) is 10.3. The minimum atomic E-state index is 0.663. The maximum absolute atomic E-state index is 5.65. The minimum absolute atomic E-state index is 0.663. The number of aromatic nitrogens is 2. The van der Waals surface area contributed by atoms with Crippen molar-refractivity contribution in [1.82, 2.24) is 9.55 Å². The summed E-state index contributed by atoms with van der Waals surface area (Å²) in [5.74, 6) is 0.943. The largest absolute Gasteiger partial charge is 0.491 e. The van der Waals surface area contributed by atoms with Crippen molar-refractivity contribution in [2.75, 3.05) is 6.61 Å². The fourth-order valence-electron chi connectivity index (χ4n) is 1.24. The van der Waals surface area contributed by atoms with E-state index in [0.717, 1.165) is 15.9 Å². The van der Waals surface area contributed by atoms with Crippen molar-refractivity contribution in [3.63, 3.8) is 0 Å². The number of ether oxygens (including phenoxy) is 1. The normalized spacial score (nSPS) is 10.2. The third-order valence-corrected chi connectivity index (χ3v) is 2.89. The van der Waals surface area contributed by atoms with Crippen molar-refractivity contribution in [1.29, 1.82) is 0 Å². The summed E-state index contributed by atoms with van der Waals surface area (Å²) in [6.45, 7) is 1.49. The first-order valence-corrected chi connectivity index (χ1v) is 5.77. The topological polar surface area (TPSA) is 27.1 Å². The summed E-state index contributed by atoms with van der Waals surface area (Å²) < 4.78 is 8.79. The summed E-state index contributed by atoms with van der Waals surface area (Å²) in [5.41, 5.74) is 0. The summed E-state index contributed by atoms with van der Waals surface area (Å²) in [7, 11) is 0. The number of halogens is 1. The van der Waals surface area contributed by atoms with E-state index < -0.39 is 0 Å². The lowest BCUT2D eigenvalue weighted by atomic mass is 10.3. The highest BCUT2D eigenvalue weighted by Crippen LogP contribution is 2.19. The first-order chi connectivity index (χ1) is 7.36. The lowest BCUT2D eigenvalue weighted by Gasteiger charge is -2.07. The first-order valence-electron chi connectivity index (χ1n) is 4.69. The predicted octanol–water partition coefficient (Wildman–Crippen LogP) is 2.57. The van der Waals surface area contributed by atoms with E-state index in [1.54, 1.807) is 12.5 Å². The Balaban J connectivity index is 1.86. The average Bonchev–Trinajstić information content (AvgIpc) is 2.74. The lowest BCUT2D eigenvalue weighted by Crippen LogP contribution is -2.06. The van der Waals surface area contributed by atoms with Gasteiger partial charge in [0.05, 0.1) is 16.4 Å². The molecule has 0 N–H and O–H groups in total. The highest BCUT2D eigenvalue weighted by molar-refractivity contribution is 14.1. The van der Waals surface area contributed by atoms with Crippen molar-refractivity contribution < 1.29 is 4.74 Å². The van der Waals surface area contributed by atoms with Crippen LogP contribution in [0.1, 0.15) is 0 Å². The Morgan fingerprint density at radius 1 is 1.33 bits per heavy atom. The molecule has 1 aromatic heterocycles. The third-order valence-electron chi connectivity index (χ3n) is 2.00. The van der Waals surface area contributed by atoms with Gasteiger partial charge in [-0.2, -0.15) is 0 Å². The molecule has 0 aliphatic heterocycles. The third kappa shape index (κ3) is 2.95. The van der Waals surface area contributed by atoms with Crippen LogP contribution < -0.4 is 4.74 Å². The smallest absolute Gasteiger partial charge is 0.132 e. The van der Waals surface area contributed by atoms with Crippen LogP contribution in [0.25, 0.3) is 0 Å². The molecule has 4 heteroatoms. The quantitative estimate of drug-likeness (QED) is 0.811. The number of hydrogen-bond donors (Lipinski definition) is 0.